The Morgan fingerprint density at radius 2 is 1.62 bits per heavy atom. The standard InChI is InChI=1S/C17H25NO5S/c1-3-8-14(9-4-2)24(22,23)12-15(17(20)21)18-16(19)13-10-6-5-7-11-13/h5-7,10-11,14-15H,3-4,8-9,12H2,1-2H3,(H,18,19)(H,20,21)/t15-/m0/s1. The number of aliphatic carboxylic acids is 1. The van der Waals surface area contributed by atoms with Gasteiger partial charge in [-0.15, -0.1) is 0 Å². The molecule has 0 aliphatic carbocycles. The van der Waals surface area contributed by atoms with Gasteiger partial charge in [0.15, 0.2) is 9.84 Å². The van der Waals surface area contributed by atoms with Crippen molar-refractivity contribution >= 4 is 21.7 Å². The average molecular weight is 355 g/mol. The predicted molar refractivity (Wildman–Crippen MR) is 92.7 cm³/mol. The molecule has 0 spiro atoms. The molecule has 0 saturated heterocycles. The molecule has 7 heteroatoms. The van der Waals surface area contributed by atoms with E-state index in [0.29, 0.717) is 31.2 Å². The quantitative estimate of drug-likeness (QED) is 0.670. The van der Waals surface area contributed by atoms with E-state index >= 15 is 0 Å². The summed E-state index contributed by atoms with van der Waals surface area (Å²) in [5, 5.41) is 11.0. The van der Waals surface area contributed by atoms with E-state index in [2.05, 4.69) is 5.32 Å². The summed E-state index contributed by atoms with van der Waals surface area (Å²) in [6.07, 6.45) is 2.40. The van der Waals surface area contributed by atoms with Gasteiger partial charge in [-0.2, -0.15) is 0 Å². The van der Waals surface area contributed by atoms with Crippen molar-refractivity contribution in [1.82, 2.24) is 5.32 Å². The molecule has 1 atom stereocenters. The van der Waals surface area contributed by atoms with Gasteiger partial charge in [-0.05, 0) is 25.0 Å². The van der Waals surface area contributed by atoms with Crippen molar-refractivity contribution in [2.75, 3.05) is 5.75 Å². The molecule has 1 aromatic carbocycles. The predicted octanol–water partition coefficient (Wildman–Crippen LogP) is 2.25. The van der Waals surface area contributed by atoms with E-state index in [9.17, 15) is 23.1 Å². The molecule has 6 nitrogen and oxygen atoms in total. The Kier molecular flexibility index (Phi) is 7.91. The Bertz CT molecular complexity index is 636. The van der Waals surface area contributed by atoms with Crippen molar-refractivity contribution in [3.05, 3.63) is 35.9 Å². The van der Waals surface area contributed by atoms with Gasteiger partial charge in [-0.1, -0.05) is 44.9 Å². The number of nitrogens with one attached hydrogen (secondary N) is 1. The lowest BCUT2D eigenvalue weighted by molar-refractivity contribution is -0.138. The second kappa shape index (κ2) is 9.42. The zero-order chi connectivity index (χ0) is 18.2. The summed E-state index contributed by atoms with van der Waals surface area (Å²) in [7, 11) is -3.61. The number of sulfone groups is 1. The zero-order valence-electron chi connectivity index (χ0n) is 14.1. The molecule has 24 heavy (non-hydrogen) atoms. The van der Waals surface area contributed by atoms with Crippen LogP contribution in [0.2, 0.25) is 0 Å². The first-order valence-corrected chi connectivity index (χ1v) is 9.83. The molecule has 1 amide bonds. The minimum atomic E-state index is -3.61. The largest absolute Gasteiger partial charge is 0.480 e. The highest BCUT2D eigenvalue weighted by Crippen LogP contribution is 2.17. The smallest absolute Gasteiger partial charge is 0.327 e. The lowest BCUT2D eigenvalue weighted by Gasteiger charge is -2.20. The topological polar surface area (TPSA) is 101 Å². The fourth-order valence-corrected chi connectivity index (χ4v) is 4.67. The van der Waals surface area contributed by atoms with Crippen LogP contribution in [0.15, 0.2) is 30.3 Å². The summed E-state index contributed by atoms with van der Waals surface area (Å²) in [6.45, 7) is 3.79. The van der Waals surface area contributed by atoms with Gasteiger partial charge in [0.1, 0.15) is 6.04 Å². The van der Waals surface area contributed by atoms with Crippen LogP contribution in [0.25, 0.3) is 0 Å². The zero-order valence-corrected chi connectivity index (χ0v) is 14.9. The first-order valence-electron chi connectivity index (χ1n) is 8.12. The molecule has 0 aliphatic rings. The Morgan fingerprint density at radius 3 is 2.08 bits per heavy atom. The molecule has 0 aliphatic heterocycles. The summed E-state index contributed by atoms with van der Waals surface area (Å²) < 4.78 is 25.1. The van der Waals surface area contributed by atoms with Gasteiger partial charge in [-0.25, -0.2) is 13.2 Å². The van der Waals surface area contributed by atoms with E-state index in [0.717, 1.165) is 0 Å². The number of hydrogen-bond acceptors (Lipinski definition) is 4. The van der Waals surface area contributed by atoms with Crippen LogP contribution in [-0.4, -0.2) is 42.4 Å². The monoisotopic (exact) mass is 355 g/mol. The molecule has 1 aromatic rings. The molecule has 1 rings (SSSR count). The first-order chi connectivity index (χ1) is 11.3. The van der Waals surface area contributed by atoms with Crippen molar-refractivity contribution in [1.29, 1.82) is 0 Å². The van der Waals surface area contributed by atoms with Crippen LogP contribution >= 0.6 is 0 Å². The van der Waals surface area contributed by atoms with Gasteiger partial charge in [0.2, 0.25) is 0 Å². The van der Waals surface area contributed by atoms with Crippen LogP contribution < -0.4 is 5.32 Å². The molecule has 0 heterocycles. The molecular weight excluding hydrogens is 330 g/mol. The Labute approximate surface area is 143 Å². The molecule has 0 saturated carbocycles. The van der Waals surface area contributed by atoms with Gasteiger partial charge < -0.3 is 10.4 Å². The maximum atomic E-state index is 12.5. The van der Waals surface area contributed by atoms with Crippen molar-refractivity contribution in [3.8, 4) is 0 Å². The van der Waals surface area contributed by atoms with Crippen molar-refractivity contribution in [2.24, 2.45) is 0 Å². The van der Waals surface area contributed by atoms with E-state index in [1.54, 1.807) is 30.3 Å². The van der Waals surface area contributed by atoms with Gasteiger partial charge in [0.25, 0.3) is 5.91 Å². The van der Waals surface area contributed by atoms with E-state index in [-0.39, 0.29) is 0 Å². The molecular formula is C17H25NO5S. The number of hydrogen-bond donors (Lipinski definition) is 2. The Balaban J connectivity index is 2.88. The van der Waals surface area contributed by atoms with Crippen LogP contribution in [0.1, 0.15) is 49.9 Å². The second-order valence-corrected chi connectivity index (χ2v) is 8.08. The summed E-state index contributed by atoms with van der Waals surface area (Å²) in [4.78, 5) is 23.5. The number of benzene rings is 1. The van der Waals surface area contributed by atoms with Crippen LogP contribution in [0, 0.1) is 0 Å². The third kappa shape index (κ3) is 5.96. The van der Waals surface area contributed by atoms with Crippen molar-refractivity contribution < 1.29 is 23.1 Å². The average Bonchev–Trinajstić information content (AvgIpc) is 2.54. The van der Waals surface area contributed by atoms with Gasteiger partial charge >= 0.3 is 5.97 Å². The van der Waals surface area contributed by atoms with Crippen LogP contribution in [0.5, 0.6) is 0 Å². The summed E-state index contributed by atoms with van der Waals surface area (Å²) in [6, 6.07) is 6.66. The summed E-state index contributed by atoms with van der Waals surface area (Å²) in [5.41, 5.74) is 0.291. The number of amides is 1. The molecule has 0 radical (unpaired) electrons. The van der Waals surface area contributed by atoms with E-state index in [1.807, 2.05) is 13.8 Å². The molecule has 0 aromatic heterocycles. The SMILES string of the molecule is CCCC(CCC)S(=O)(=O)C[C@H](NC(=O)c1ccccc1)C(=O)O. The molecule has 0 bridgehead atoms. The van der Waals surface area contributed by atoms with Gasteiger partial charge in [0.05, 0.1) is 11.0 Å². The third-order valence-electron chi connectivity index (χ3n) is 3.77. The van der Waals surface area contributed by atoms with E-state index in [4.69, 9.17) is 0 Å². The maximum absolute atomic E-state index is 12.5. The molecule has 0 fully saturated rings. The highest BCUT2D eigenvalue weighted by Gasteiger charge is 2.32. The second-order valence-electron chi connectivity index (χ2n) is 5.76. The Morgan fingerprint density at radius 1 is 1.08 bits per heavy atom. The highest BCUT2D eigenvalue weighted by atomic mass is 32.2. The third-order valence-corrected chi connectivity index (χ3v) is 6.05. The van der Waals surface area contributed by atoms with Crippen LogP contribution in [-0.2, 0) is 14.6 Å². The van der Waals surface area contributed by atoms with E-state index in [1.165, 1.54) is 0 Å². The Hall–Kier alpha value is -1.89. The minimum absolute atomic E-state index is 0.291. The minimum Gasteiger partial charge on any atom is -0.480 e. The summed E-state index contributed by atoms with van der Waals surface area (Å²) in [5.74, 6) is -2.54. The first kappa shape index (κ1) is 20.2. The number of carbonyl (C=O) groups excluding carboxylic acids is 1. The van der Waals surface area contributed by atoms with E-state index < -0.39 is 38.8 Å². The number of carbonyl (C=O) groups is 2. The molecule has 2 N–H and O–H groups in total. The van der Waals surface area contributed by atoms with Gasteiger partial charge in [0, 0.05) is 5.56 Å². The van der Waals surface area contributed by atoms with Crippen molar-refractivity contribution in [3.63, 3.8) is 0 Å². The lowest BCUT2D eigenvalue weighted by atomic mass is 10.2. The normalized spacial score (nSPS) is 12.8. The van der Waals surface area contributed by atoms with Crippen molar-refractivity contribution in [2.45, 2.75) is 50.8 Å². The maximum Gasteiger partial charge on any atom is 0.327 e. The lowest BCUT2D eigenvalue weighted by Crippen LogP contribution is -2.47. The highest BCUT2D eigenvalue weighted by molar-refractivity contribution is 7.92. The molecule has 0 unspecified atom stereocenters. The van der Waals surface area contributed by atoms with Crippen LogP contribution in [0.3, 0.4) is 0 Å². The number of carboxylic acids is 1. The molecule has 134 valence electrons. The number of carboxylic acid groups (broad SMARTS) is 1. The summed E-state index contributed by atoms with van der Waals surface area (Å²) >= 11 is 0. The van der Waals surface area contributed by atoms with Gasteiger partial charge in [-0.3, -0.25) is 4.79 Å². The number of rotatable bonds is 10. The van der Waals surface area contributed by atoms with Crippen LogP contribution in [0.4, 0.5) is 0 Å². The fraction of sp³-hybridized carbons (Fsp3) is 0.529. The fourth-order valence-electron chi connectivity index (χ4n) is 2.52.